The SMILES string of the molecule is NC(=O)c1cnccc1NCc1cccc(S(=O)(=O)N2CCCCC2)c1. The lowest BCUT2D eigenvalue weighted by Crippen LogP contribution is -2.35. The molecule has 1 aromatic heterocycles. The van der Waals surface area contributed by atoms with Gasteiger partial charge in [0, 0.05) is 32.0 Å². The highest BCUT2D eigenvalue weighted by Crippen LogP contribution is 2.22. The summed E-state index contributed by atoms with van der Waals surface area (Å²) in [5.74, 6) is -0.568. The molecule has 26 heavy (non-hydrogen) atoms. The molecule has 1 aliphatic heterocycles. The van der Waals surface area contributed by atoms with Crippen LogP contribution in [0.15, 0.2) is 47.6 Å². The van der Waals surface area contributed by atoms with Crippen LogP contribution in [0.3, 0.4) is 0 Å². The first kappa shape index (κ1) is 18.3. The maximum absolute atomic E-state index is 12.8. The van der Waals surface area contributed by atoms with E-state index in [2.05, 4.69) is 10.3 Å². The van der Waals surface area contributed by atoms with E-state index in [1.165, 1.54) is 6.20 Å². The number of pyridine rings is 1. The van der Waals surface area contributed by atoms with Gasteiger partial charge in [-0.2, -0.15) is 4.31 Å². The number of amides is 1. The largest absolute Gasteiger partial charge is 0.380 e. The Bertz CT molecular complexity index is 893. The van der Waals surface area contributed by atoms with Gasteiger partial charge in [0.2, 0.25) is 10.0 Å². The molecule has 1 aliphatic rings. The molecule has 3 rings (SSSR count). The molecule has 7 nitrogen and oxygen atoms in total. The van der Waals surface area contributed by atoms with Gasteiger partial charge in [0.25, 0.3) is 5.91 Å². The third-order valence-corrected chi connectivity index (χ3v) is 6.32. The second-order valence-electron chi connectivity index (χ2n) is 6.25. The van der Waals surface area contributed by atoms with E-state index in [0.717, 1.165) is 24.8 Å². The Balaban J connectivity index is 1.77. The van der Waals surface area contributed by atoms with Crippen molar-refractivity contribution in [1.29, 1.82) is 0 Å². The number of carbonyl (C=O) groups is 1. The minimum atomic E-state index is -3.47. The van der Waals surface area contributed by atoms with Crippen molar-refractivity contribution in [2.45, 2.75) is 30.7 Å². The van der Waals surface area contributed by atoms with Crippen molar-refractivity contribution < 1.29 is 13.2 Å². The van der Waals surface area contributed by atoms with E-state index in [1.807, 2.05) is 6.07 Å². The van der Waals surface area contributed by atoms with Gasteiger partial charge in [-0.15, -0.1) is 0 Å². The van der Waals surface area contributed by atoms with E-state index in [9.17, 15) is 13.2 Å². The number of hydrogen-bond acceptors (Lipinski definition) is 5. The molecule has 8 heteroatoms. The average Bonchev–Trinajstić information content (AvgIpc) is 2.67. The van der Waals surface area contributed by atoms with E-state index in [1.54, 1.807) is 34.8 Å². The number of carbonyl (C=O) groups excluding carboxylic acids is 1. The summed E-state index contributed by atoms with van der Waals surface area (Å²) in [6.45, 7) is 1.52. The highest BCUT2D eigenvalue weighted by atomic mass is 32.2. The molecule has 1 aromatic carbocycles. The number of anilines is 1. The van der Waals surface area contributed by atoms with Crippen molar-refractivity contribution in [1.82, 2.24) is 9.29 Å². The molecule has 0 saturated carbocycles. The quantitative estimate of drug-likeness (QED) is 0.804. The van der Waals surface area contributed by atoms with Gasteiger partial charge >= 0.3 is 0 Å². The Morgan fingerprint density at radius 1 is 1.19 bits per heavy atom. The third kappa shape index (κ3) is 4.03. The lowest BCUT2D eigenvalue weighted by Gasteiger charge is -2.26. The normalized spacial score (nSPS) is 15.5. The van der Waals surface area contributed by atoms with Crippen LogP contribution in [-0.2, 0) is 16.6 Å². The maximum atomic E-state index is 12.8. The van der Waals surface area contributed by atoms with E-state index < -0.39 is 15.9 Å². The summed E-state index contributed by atoms with van der Waals surface area (Å²) in [5, 5.41) is 3.12. The molecule has 2 heterocycles. The van der Waals surface area contributed by atoms with Gasteiger partial charge in [-0.3, -0.25) is 9.78 Å². The fourth-order valence-electron chi connectivity index (χ4n) is 3.01. The Hall–Kier alpha value is -2.45. The molecule has 0 bridgehead atoms. The predicted octanol–water partition coefficient (Wildman–Crippen LogP) is 1.97. The summed E-state index contributed by atoms with van der Waals surface area (Å²) < 4.78 is 27.1. The molecule has 0 unspecified atom stereocenters. The van der Waals surface area contributed by atoms with Gasteiger partial charge in [-0.25, -0.2) is 8.42 Å². The van der Waals surface area contributed by atoms with Crippen molar-refractivity contribution >= 4 is 21.6 Å². The van der Waals surface area contributed by atoms with E-state index in [4.69, 9.17) is 5.73 Å². The number of primary amides is 1. The van der Waals surface area contributed by atoms with E-state index in [0.29, 0.717) is 35.8 Å². The van der Waals surface area contributed by atoms with Gasteiger partial charge in [0.05, 0.1) is 16.1 Å². The molecular formula is C18H22N4O3S. The first-order valence-corrected chi connectivity index (χ1v) is 9.99. The Morgan fingerprint density at radius 2 is 1.96 bits per heavy atom. The van der Waals surface area contributed by atoms with Crippen molar-refractivity contribution in [3.8, 4) is 0 Å². The summed E-state index contributed by atoms with van der Waals surface area (Å²) in [5.41, 5.74) is 7.01. The number of nitrogens with one attached hydrogen (secondary N) is 1. The molecule has 138 valence electrons. The number of aromatic nitrogens is 1. The van der Waals surface area contributed by atoms with Crippen LogP contribution in [0.5, 0.6) is 0 Å². The summed E-state index contributed by atoms with van der Waals surface area (Å²) in [6, 6.07) is 8.52. The van der Waals surface area contributed by atoms with Crippen molar-refractivity contribution in [3.05, 3.63) is 53.9 Å². The topological polar surface area (TPSA) is 105 Å². The van der Waals surface area contributed by atoms with Crippen LogP contribution in [0.25, 0.3) is 0 Å². The molecule has 1 fully saturated rings. The van der Waals surface area contributed by atoms with Gasteiger partial charge in [-0.05, 0) is 36.6 Å². The number of nitrogens with zero attached hydrogens (tertiary/aromatic N) is 2. The standard InChI is InChI=1S/C18H22N4O3S/c19-18(23)16-13-20-8-7-17(16)21-12-14-5-4-6-15(11-14)26(24,25)22-9-2-1-3-10-22/h4-8,11,13H,1-3,9-10,12H2,(H2,19,23)(H,20,21). The highest BCUT2D eigenvalue weighted by molar-refractivity contribution is 7.89. The summed E-state index contributed by atoms with van der Waals surface area (Å²) in [4.78, 5) is 15.6. The van der Waals surface area contributed by atoms with Gasteiger partial charge < -0.3 is 11.1 Å². The van der Waals surface area contributed by atoms with Crippen LogP contribution >= 0.6 is 0 Å². The van der Waals surface area contributed by atoms with Crippen LogP contribution in [0, 0.1) is 0 Å². The van der Waals surface area contributed by atoms with Gasteiger partial charge in [-0.1, -0.05) is 18.6 Å². The molecule has 2 aromatic rings. The van der Waals surface area contributed by atoms with Crippen LogP contribution in [0.4, 0.5) is 5.69 Å². The number of piperidine rings is 1. The van der Waals surface area contributed by atoms with Crippen LogP contribution in [0.2, 0.25) is 0 Å². The zero-order valence-corrected chi connectivity index (χ0v) is 15.2. The number of rotatable bonds is 6. The summed E-state index contributed by atoms with van der Waals surface area (Å²) in [7, 11) is -3.47. The first-order chi connectivity index (χ1) is 12.5. The van der Waals surface area contributed by atoms with Crippen LogP contribution < -0.4 is 11.1 Å². The second kappa shape index (κ2) is 7.84. The zero-order chi connectivity index (χ0) is 18.6. The number of sulfonamides is 1. The maximum Gasteiger partial charge on any atom is 0.252 e. The van der Waals surface area contributed by atoms with Crippen molar-refractivity contribution in [2.75, 3.05) is 18.4 Å². The minimum Gasteiger partial charge on any atom is -0.380 e. The third-order valence-electron chi connectivity index (χ3n) is 4.42. The molecule has 0 atom stereocenters. The summed E-state index contributed by atoms with van der Waals surface area (Å²) >= 11 is 0. The zero-order valence-electron chi connectivity index (χ0n) is 14.4. The number of benzene rings is 1. The molecule has 3 N–H and O–H groups in total. The monoisotopic (exact) mass is 374 g/mol. The molecule has 0 aliphatic carbocycles. The van der Waals surface area contributed by atoms with Gasteiger partial charge in [0.15, 0.2) is 0 Å². The number of hydrogen-bond donors (Lipinski definition) is 2. The Kier molecular flexibility index (Phi) is 5.53. The molecule has 0 spiro atoms. The minimum absolute atomic E-state index is 0.295. The predicted molar refractivity (Wildman–Crippen MR) is 99.1 cm³/mol. The lowest BCUT2D eigenvalue weighted by atomic mass is 10.2. The fraction of sp³-hybridized carbons (Fsp3) is 0.333. The first-order valence-electron chi connectivity index (χ1n) is 8.55. The smallest absolute Gasteiger partial charge is 0.252 e. The average molecular weight is 374 g/mol. The van der Waals surface area contributed by atoms with E-state index in [-0.39, 0.29) is 0 Å². The van der Waals surface area contributed by atoms with Crippen LogP contribution in [-0.4, -0.2) is 36.7 Å². The van der Waals surface area contributed by atoms with Crippen molar-refractivity contribution in [2.24, 2.45) is 5.73 Å². The Morgan fingerprint density at radius 3 is 2.69 bits per heavy atom. The van der Waals surface area contributed by atoms with Gasteiger partial charge in [0.1, 0.15) is 0 Å². The van der Waals surface area contributed by atoms with Crippen LogP contribution in [0.1, 0.15) is 35.2 Å². The number of nitrogens with two attached hydrogens (primary N) is 1. The summed E-state index contributed by atoms with van der Waals surface area (Å²) in [6.07, 6.45) is 5.84. The molecule has 0 radical (unpaired) electrons. The second-order valence-corrected chi connectivity index (χ2v) is 8.19. The van der Waals surface area contributed by atoms with E-state index >= 15 is 0 Å². The molecule has 1 amide bonds. The molecule has 1 saturated heterocycles. The highest BCUT2D eigenvalue weighted by Gasteiger charge is 2.25. The molecular weight excluding hydrogens is 352 g/mol. The Labute approximate surface area is 153 Å². The van der Waals surface area contributed by atoms with Crippen molar-refractivity contribution in [3.63, 3.8) is 0 Å². The lowest BCUT2D eigenvalue weighted by molar-refractivity contribution is 0.100. The fourth-order valence-corrected chi connectivity index (χ4v) is 4.60.